The van der Waals surface area contributed by atoms with Crippen LogP contribution in [-0.4, -0.2) is 52.0 Å². The fourth-order valence-corrected chi connectivity index (χ4v) is 3.46. The van der Waals surface area contributed by atoms with Gasteiger partial charge in [-0.15, -0.1) is 0 Å². The van der Waals surface area contributed by atoms with Crippen molar-refractivity contribution >= 4 is 23.4 Å². The van der Waals surface area contributed by atoms with Crippen LogP contribution in [0.5, 0.6) is 5.75 Å². The van der Waals surface area contributed by atoms with E-state index in [0.717, 1.165) is 12.0 Å². The summed E-state index contributed by atoms with van der Waals surface area (Å²) in [5.41, 5.74) is 2.31. The number of hydrogen-bond donors (Lipinski definition) is 3. The van der Waals surface area contributed by atoms with Gasteiger partial charge in [0, 0.05) is 38.4 Å². The molecular weight excluding hydrogens is 420 g/mol. The standard InChI is InChI=1S/C22H27F2N5O3/c1-25-21(26-13-15-7-9-16(10-8-15)28-22(30)31-2)27-17-11-12-29(14-17)18-5-3-4-6-19(18)32-20(23)24/h3-10,17,20H,11-14H2,1-2H3,(H,28,30)(H2,25,26,27). The first-order chi connectivity index (χ1) is 15.5. The number of amides is 1. The van der Waals surface area contributed by atoms with Crippen LogP contribution >= 0.6 is 0 Å². The van der Waals surface area contributed by atoms with Crippen molar-refractivity contribution in [1.29, 1.82) is 0 Å². The Bertz CT molecular complexity index is 924. The van der Waals surface area contributed by atoms with Gasteiger partial charge in [-0.25, -0.2) is 4.79 Å². The van der Waals surface area contributed by atoms with E-state index in [4.69, 9.17) is 0 Å². The van der Waals surface area contributed by atoms with Gasteiger partial charge in [0.05, 0.1) is 12.8 Å². The zero-order valence-corrected chi connectivity index (χ0v) is 18.0. The Labute approximate surface area is 185 Å². The maximum atomic E-state index is 12.7. The molecule has 1 amide bonds. The molecule has 1 unspecified atom stereocenters. The van der Waals surface area contributed by atoms with Gasteiger partial charge in [-0.1, -0.05) is 24.3 Å². The van der Waals surface area contributed by atoms with E-state index in [1.807, 2.05) is 17.0 Å². The van der Waals surface area contributed by atoms with Gasteiger partial charge in [-0.2, -0.15) is 8.78 Å². The lowest BCUT2D eigenvalue weighted by Gasteiger charge is -2.22. The lowest BCUT2D eigenvalue weighted by molar-refractivity contribution is -0.0495. The second kappa shape index (κ2) is 11.2. The average Bonchev–Trinajstić information content (AvgIpc) is 3.25. The van der Waals surface area contributed by atoms with Gasteiger partial charge in [0.2, 0.25) is 0 Å². The number of carbonyl (C=O) groups is 1. The minimum absolute atomic E-state index is 0.104. The van der Waals surface area contributed by atoms with Crippen LogP contribution < -0.4 is 25.6 Å². The van der Waals surface area contributed by atoms with E-state index in [-0.39, 0.29) is 11.8 Å². The summed E-state index contributed by atoms with van der Waals surface area (Å²) >= 11 is 0. The molecule has 0 spiro atoms. The molecule has 2 aromatic carbocycles. The molecule has 1 aliphatic heterocycles. The molecular formula is C22H27F2N5O3. The van der Waals surface area contributed by atoms with E-state index >= 15 is 0 Å². The number of alkyl halides is 2. The van der Waals surface area contributed by atoms with Crippen molar-refractivity contribution in [1.82, 2.24) is 10.6 Å². The number of methoxy groups -OCH3 is 1. The van der Waals surface area contributed by atoms with Gasteiger partial charge in [0.15, 0.2) is 5.96 Å². The Morgan fingerprint density at radius 2 is 1.97 bits per heavy atom. The van der Waals surface area contributed by atoms with Crippen molar-refractivity contribution in [2.45, 2.75) is 25.6 Å². The number of rotatable bonds is 7. The zero-order valence-electron chi connectivity index (χ0n) is 18.0. The highest BCUT2D eigenvalue weighted by Crippen LogP contribution is 2.31. The molecule has 1 aliphatic rings. The van der Waals surface area contributed by atoms with E-state index in [9.17, 15) is 13.6 Å². The van der Waals surface area contributed by atoms with Crippen LogP contribution in [-0.2, 0) is 11.3 Å². The number of guanidine groups is 1. The first-order valence-corrected chi connectivity index (χ1v) is 10.2. The number of benzene rings is 2. The molecule has 0 aliphatic carbocycles. The summed E-state index contributed by atoms with van der Waals surface area (Å²) < 4.78 is 34.6. The highest BCUT2D eigenvalue weighted by molar-refractivity contribution is 5.84. The molecule has 8 nitrogen and oxygen atoms in total. The molecule has 0 bridgehead atoms. The molecule has 172 valence electrons. The van der Waals surface area contributed by atoms with Gasteiger partial charge in [0.25, 0.3) is 0 Å². The number of halogens is 2. The lowest BCUT2D eigenvalue weighted by atomic mass is 10.2. The van der Waals surface area contributed by atoms with Gasteiger partial charge in [0.1, 0.15) is 5.75 Å². The molecule has 10 heteroatoms. The largest absolute Gasteiger partial charge is 0.453 e. The second-order valence-electron chi connectivity index (χ2n) is 7.16. The van der Waals surface area contributed by atoms with Crippen LogP contribution in [0.4, 0.5) is 25.0 Å². The molecule has 1 saturated heterocycles. The quantitative estimate of drug-likeness (QED) is 0.446. The molecule has 0 radical (unpaired) electrons. The van der Waals surface area contributed by atoms with Crippen LogP contribution in [0, 0.1) is 0 Å². The van der Waals surface area contributed by atoms with Crippen LogP contribution in [0.2, 0.25) is 0 Å². The number of nitrogens with one attached hydrogen (secondary N) is 3. The molecule has 1 atom stereocenters. The third-order valence-electron chi connectivity index (χ3n) is 5.02. The highest BCUT2D eigenvalue weighted by atomic mass is 19.3. The Balaban J connectivity index is 1.51. The van der Waals surface area contributed by atoms with Crippen LogP contribution in [0.25, 0.3) is 0 Å². The maximum absolute atomic E-state index is 12.7. The van der Waals surface area contributed by atoms with Crippen molar-refractivity contribution < 1.29 is 23.0 Å². The summed E-state index contributed by atoms with van der Waals surface area (Å²) in [6.07, 6.45) is 0.312. The van der Waals surface area contributed by atoms with E-state index in [1.165, 1.54) is 7.11 Å². The van der Waals surface area contributed by atoms with Gasteiger partial charge < -0.3 is 25.0 Å². The average molecular weight is 447 g/mol. The fourth-order valence-electron chi connectivity index (χ4n) is 3.46. The SMILES string of the molecule is CN=C(NCc1ccc(NC(=O)OC)cc1)NC1CCN(c2ccccc2OC(F)F)C1. The third kappa shape index (κ3) is 6.47. The van der Waals surface area contributed by atoms with E-state index in [0.29, 0.717) is 37.0 Å². The number of aliphatic imine (C=N–C) groups is 1. The Hall–Kier alpha value is -3.56. The van der Waals surface area contributed by atoms with Crippen molar-refractivity contribution in [2.75, 3.05) is 37.5 Å². The minimum Gasteiger partial charge on any atom is -0.453 e. The highest BCUT2D eigenvalue weighted by Gasteiger charge is 2.26. The maximum Gasteiger partial charge on any atom is 0.411 e. The summed E-state index contributed by atoms with van der Waals surface area (Å²) in [5.74, 6) is 0.821. The number of nitrogens with zero attached hydrogens (tertiary/aromatic N) is 2. The zero-order chi connectivity index (χ0) is 22.9. The summed E-state index contributed by atoms with van der Waals surface area (Å²) in [6, 6.07) is 14.3. The van der Waals surface area contributed by atoms with Crippen LogP contribution in [0.1, 0.15) is 12.0 Å². The Morgan fingerprint density at radius 1 is 1.22 bits per heavy atom. The topological polar surface area (TPSA) is 87.2 Å². The number of ether oxygens (including phenoxy) is 2. The fraction of sp³-hybridized carbons (Fsp3) is 0.364. The summed E-state index contributed by atoms with van der Waals surface area (Å²) in [4.78, 5) is 17.5. The van der Waals surface area contributed by atoms with Crippen LogP contribution in [0.3, 0.4) is 0 Å². The number of carbonyl (C=O) groups excluding carboxylic acids is 1. The predicted molar refractivity (Wildman–Crippen MR) is 119 cm³/mol. The third-order valence-corrected chi connectivity index (χ3v) is 5.02. The number of para-hydroxylation sites is 2. The molecule has 0 saturated carbocycles. The summed E-state index contributed by atoms with van der Waals surface area (Å²) in [6.45, 7) is -0.967. The normalized spacial score (nSPS) is 16.1. The van der Waals surface area contributed by atoms with Gasteiger partial charge in [-0.3, -0.25) is 10.3 Å². The van der Waals surface area contributed by atoms with Crippen molar-refractivity contribution in [3.63, 3.8) is 0 Å². The number of hydrogen-bond acceptors (Lipinski definition) is 5. The lowest BCUT2D eigenvalue weighted by Crippen LogP contribution is -2.44. The first-order valence-electron chi connectivity index (χ1n) is 10.2. The second-order valence-corrected chi connectivity index (χ2v) is 7.16. The molecule has 32 heavy (non-hydrogen) atoms. The number of anilines is 2. The molecule has 2 aromatic rings. The van der Waals surface area contributed by atoms with E-state index in [1.54, 1.807) is 43.4 Å². The molecule has 3 N–H and O–H groups in total. The summed E-state index contributed by atoms with van der Waals surface area (Å²) in [5, 5.41) is 9.24. The van der Waals surface area contributed by atoms with Crippen LogP contribution in [0.15, 0.2) is 53.5 Å². The minimum atomic E-state index is -2.86. The molecule has 1 fully saturated rings. The Morgan fingerprint density at radius 3 is 2.66 bits per heavy atom. The Kier molecular flexibility index (Phi) is 8.07. The van der Waals surface area contributed by atoms with Crippen molar-refractivity contribution in [2.24, 2.45) is 4.99 Å². The molecule has 3 rings (SSSR count). The van der Waals surface area contributed by atoms with Gasteiger partial charge in [-0.05, 0) is 36.2 Å². The van der Waals surface area contributed by atoms with Crippen molar-refractivity contribution in [3.8, 4) is 5.75 Å². The van der Waals surface area contributed by atoms with Crippen molar-refractivity contribution in [3.05, 3.63) is 54.1 Å². The first kappa shape index (κ1) is 23.1. The van der Waals surface area contributed by atoms with E-state index in [2.05, 4.69) is 30.4 Å². The molecule has 1 heterocycles. The monoisotopic (exact) mass is 447 g/mol. The predicted octanol–water partition coefficient (Wildman–Crippen LogP) is 3.41. The smallest absolute Gasteiger partial charge is 0.411 e. The van der Waals surface area contributed by atoms with E-state index < -0.39 is 12.7 Å². The summed E-state index contributed by atoms with van der Waals surface area (Å²) in [7, 11) is 3.00. The molecule has 0 aromatic heterocycles. The van der Waals surface area contributed by atoms with Gasteiger partial charge >= 0.3 is 12.7 Å².